The van der Waals surface area contributed by atoms with E-state index in [-0.39, 0.29) is 19.5 Å². The predicted octanol–water partition coefficient (Wildman–Crippen LogP) is 1.53. The molecule has 0 saturated carbocycles. The average molecular weight is 290 g/mol. The van der Waals surface area contributed by atoms with Crippen LogP contribution in [0.1, 0.15) is 0 Å². The maximum absolute atomic E-state index is 3.86. The molecule has 0 amide bonds. The summed E-state index contributed by atoms with van der Waals surface area (Å²) >= 11 is 7.72. The summed E-state index contributed by atoms with van der Waals surface area (Å²) in [6, 6.07) is 3.50. The minimum Gasteiger partial charge on any atom is -0.231 e. The molecule has 0 aliphatic carbocycles. The van der Waals surface area contributed by atoms with E-state index in [0.29, 0.717) is 10.3 Å². The van der Waals surface area contributed by atoms with Gasteiger partial charge >= 0.3 is 0 Å². The zero-order valence-electron chi connectivity index (χ0n) is 7.85. The minimum atomic E-state index is 0. The van der Waals surface area contributed by atoms with Crippen molar-refractivity contribution < 1.29 is 19.5 Å². The van der Waals surface area contributed by atoms with Crippen LogP contribution in [0.2, 0.25) is 0 Å². The van der Waals surface area contributed by atoms with E-state index in [0.717, 1.165) is 0 Å². The molecule has 0 spiro atoms. The first kappa shape index (κ1) is 14.5. The van der Waals surface area contributed by atoms with Crippen molar-refractivity contribution in [2.24, 2.45) is 0 Å². The molecule has 4 nitrogen and oxygen atoms in total. The van der Waals surface area contributed by atoms with Crippen LogP contribution in [0.4, 0.5) is 0 Å². The van der Waals surface area contributed by atoms with E-state index in [1.54, 1.807) is 36.9 Å². The molecule has 15 heavy (non-hydrogen) atoms. The van der Waals surface area contributed by atoms with E-state index >= 15 is 0 Å². The Hall–Kier alpha value is -0.517. The van der Waals surface area contributed by atoms with Gasteiger partial charge in [-0.2, -0.15) is 0 Å². The maximum atomic E-state index is 3.86. The largest absolute Gasteiger partial charge is 0.231 e. The molecule has 0 aliphatic rings. The molecule has 7 heteroatoms. The van der Waals surface area contributed by atoms with Crippen molar-refractivity contribution in [3.8, 4) is 0 Å². The van der Waals surface area contributed by atoms with Crippen LogP contribution in [-0.4, -0.2) is 19.9 Å². The Morgan fingerprint density at radius 3 is 1.07 bits per heavy atom. The first-order valence-corrected chi connectivity index (χ1v) is 4.60. The van der Waals surface area contributed by atoms with Crippen molar-refractivity contribution in [3.05, 3.63) is 36.9 Å². The Morgan fingerprint density at radius 1 is 0.667 bits per heavy atom. The molecule has 0 aliphatic heterocycles. The minimum absolute atomic E-state index is 0. The van der Waals surface area contributed by atoms with Crippen molar-refractivity contribution in [1.82, 2.24) is 19.9 Å². The molecular formula is C8H8N4S2Zn. The van der Waals surface area contributed by atoms with Gasteiger partial charge in [0.05, 0.1) is 0 Å². The number of aromatic nitrogens is 4. The third-order valence-electron chi connectivity index (χ3n) is 1.10. The first-order chi connectivity index (χ1) is 6.79. The van der Waals surface area contributed by atoms with E-state index in [4.69, 9.17) is 0 Å². The van der Waals surface area contributed by atoms with Gasteiger partial charge in [0.25, 0.3) is 0 Å². The van der Waals surface area contributed by atoms with Gasteiger partial charge in [0, 0.05) is 44.3 Å². The first-order valence-electron chi connectivity index (χ1n) is 3.71. The molecule has 2 aromatic rings. The van der Waals surface area contributed by atoms with E-state index in [2.05, 4.69) is 45.2 Å². The summed E-state index contributed by atoms with van der Waals surface area (Å²) in [5, 5.41) is 1.03. The molecule has 74 valence electrons. The summed E-state index contributed by atoms with van der Waals surface area (Å²) in [6.07, 6.45) is 6.59. The Morgan fingerprint density at radius 2 is 0.933 bits per heavy atom. The normalized spacial score (nSPS) is 8.13. The van der Waals surface area contributed by atoms with Gasteiger partial charge in [-0.05, 0) is 12.1 Å². The van der Waals surface area contributed by atoms with E-state index in [1.165, 1.54) is 0 Å². The number of hydrogen-bond donors (Lipinski definition) is 2. The van der Waals surface area contributed by atoms with Crippen molar-refractivity contribution in [2.75, 3.05) is 0 Å². The van der Waals surface area contributed by atoms with Crippen LogP contribution >= 0.6 is 25.3 Å². The van der Waals surface area contributed by atoms with Crippen LogP contribution in [0.25, 0.3) is 0 Å². The Kier molecular flexibility index (Phi) is 8.46. The maximum Gasteiger partial charge on any atom is 0.184 e. The summed E-state index contributed by atoms with van der Waals surface area (Å²) in [6.45, 7) is 0. The third kappa shape index (κ3) is 7.42. The van der Waals surface area contributed by atoms with Gasteiger partial charge in [-0.25, -0.2) is 19.9 Å². The molecule has 0 unspecified atom stereocenters. The van der Waals surface area contributed by atoms with Crippen molar-refractivity contribution in [3.63, 3.8) is 0 Å². The zero-order valence-corrected chi connectivity index (χ0v) is 12.6. The standard InChI is InChI=1S/2C4H4N2S.Zn/c2*7-4-5-2-1-3-6-4;/h2*1-3H,(H,5,6,7);. The molecule has 0 fully saturated rings. The second-order valence-corrected chi connectivity index (χ2v) is 2.90. The second-order valence-electron chi connectivity index (χ2n) is 2.10. The van der Waals surface area contributed by atoms with Crippen LogP contribution < -0.4 is 0 Å². The van der Waals surface area contributed by atoms with Crippen LogP contribution in [0.3, 0.4) is 0 Å². The van der Waals surface area contributed by atoms with Crippen LogP contribution in [0.5, 0.6) is 0 Å². The van der Waals surface area contributed by atoms with Crippen molar-refractivity contribution in [1.29, 1.82) is 0 Å². The van der Waals surface area contributed by atoms with E-state index in [1.807, 2.05) is 0 Å². The molecule has 2 rings (SSSR count). The van der Waals surface area contributed by atoms with E-state index < -0.39 is 0 Å². The summed E-state index contributed by atoms with van der Waals surface area (Å²) < 4.78 is 0. The summed E-state index contributed by atoms with van der Waals surface area (Å²) in [4.78, 5) is 14.9. The predicted molar refractivity (Wildman–Crippen MR) is 58.6 cm³/mol. The summed E-state index contributed by atoms with van der Waals surface area (Å²) in [5.74, 6) is 0. The average Bonchev–Trinajstić information content (AvgIpc) is 2.21. The molecule has 0 saturated heterocycles. The smallest absolute Gasteiger partial charge is 0.184 e. The molecule has 0 bridgehead atoms. The molecule has 0 N–H and O–H groups in total. The van der Waals surface area contributed by atoms with Gasteiger partial charge in [-0.3, -0.25) is 0 Å². The molecule has 0 atom stereocenters. The fraction of sp³-hybridized carbons (Fsp3) is 0. The van der Waals surface area contributed by atoms with Gasteiger partial charge < -0.3 is 0 Å². The fourth-order valence-corrected chi connectivity index (χ4v) is 0.849. The Balaban J connectivity index is 0.000000245. The van der Waals surface area contributed by atoms with Crippen molar-refractivity contribution >= 4 is 25.3 Å². The van der Waals surface area contributed by atoms with Gasteiger partial charge in [-0.15, -0.1) is 25.3 Å². The zero-order chi connectivity index (χ0) is 10.2. The fourth-order valence-electron chi connectivity index (χ4n) is 0.582. The molecule has 2 heterocycles. The SMILES string of the molecule is Sc1ncccn1.Sc1ncccn1.[Zn]. The monoisotopic (exact) mass is 288 g/mol. The summed E-state index contributed by atoms with van der Waals surface area (Å²) in [5.41, 5.74) is 0. The Labute approximate surface area is 112 Å². The molecule has 2 aromatic heterocycles. The van der Waals surface area contributed by atoms with Crippen molar-refractivity contribution in [2.45, 2.75) is 10.3 Å². The van der Waals surface area contributed by atoms with Gasteiger partial charge in [0.2, 0.25) is 0 Å². The quantitative estimate of drug-likeness (QED) is 0.439. The third-order valence-corrected chi connectivity index (χ3v) is 1.57. The van der Waals surface area contributed by atoms with Gasteiger partial charge in [-0.1, -0.05) is 0 Å². The van der Waals surface area contributed by atoms with Crippen LogP contribution in [-0.2, 0) is 19.5 Å². The van der Waals surface area contributed by atoms with E-state index in [9.17, 15) is 0 Å². The Bertz CT molecular complexity index is 322. The molecule has 0 aromatic carbocycles. The van der Waals surface area contributed by atoms with Gasteiger partial charge in [0.15, 0.2) is 10.3 Å². The molecule has 0 radical (unpaired) electrons. The molecular weight excluding hydrogens is 282 g/mol. The number of rotatable bonds is 0. The number of thiol groups is 2. The van der Waals surface area contributed by atoms with Gasteiger partial charge in [0.1, 0.15) is 0 Å². The number of nitrogens with zero attached hydrogens (tertiary/aromatic N) is 4. The van der Waals surface area contributed by atoms with Crippen LogP contribution in [0.15, 0.2) is 47.2 Å². The summed E-state index contributed by atoms with van der Waals surface area (Å²) in [7, 11) is 0. The number of hydrogen-bond acceptors (Lipinski definition) is 6. The second kappa shape index (κ2) is 8.76. The topological polar surface area (TPSA) is 51.6 Å². The van der Waals surface area contributed by atoms with Crippen LogP contribution in [0, 0.1) is 0 Å².